The fourth-order valence-electron chi connectivity index (χ4n) is 2.16. The fourth-order valence-corrected chi connectivity index (χ4v) is 2.16. The SMILES string of the molecule is CN1c2ccccc2C2=CN=NC(=O)C21. The number of nitrogens with zero attached hydrogens (tertiary/aromatic N) is 3. The molecule has 0 N–H and O–H groups in total. The van der Waals surface area contributed by atoms with Crippen molar-refractivity contribution in [3.05, 3.63) is 36.0 Å². The maximum atomic E-state index is 11.6. The number of rotatable bonds is 0. The van der Waals surface area contributed by atoms with E-state index in [4.69, 9.17) is 0 Å². The third-order valence-corrected chi connectivity index (χ3v) is 2.86. The molecule has 74 valence electrons. The van der Waals surface area contributed by atoms with Gasteiger partial charge < -0.3 is 4.90 Å². The second kappa shape index (κ2) is 2.76. The van der Waals surface area contributed by atoms with Gasteiger partial charge in [0, 0.05) is 23.9 Å². The van der Waals surface area contributed by atoms with Gasteiger partial charge in [-0.25, -0.2) is 0 Å². The van der Waals surface area contributed by atoms with E-state index in [0.717, 1.165) is 16.8 Å². The highest BCUT2D eigenvalue weighted by molar-refractivity contribution is 6.05. The number of likely N-dealkylation sites (N-methyl/N-ethyl adjacent to an activating group) is 1. The molecule has 0 fully saturated rings. The molecule has 2 aliphatic heterocycles. The van der Waals surface area contributed by atoms with E-state index in [-0.39, 0.29) is 11.9 Å². The summed E-state index contributed by atoms with van der Waals surface area (Å²) in [7, 11) is 1.91. The summed E-state index contributed by atoms with van der Waals surface area (Å²) in [5.74, 6) is -0.189. The lowest BCUT2D eigenvalue weighted by molar-refractivity contribution is -0.118. The molecule has 0 bridgehead atoms. The number of hydrogen-bond acceptors (Lipinski definition) is 3. The lowest BCUT2D eigenvalue weighted by Gasteiger charge is -2.20. The average molecular weight is 199 g/mol. The molecule has 1 unspecified atom stereocenters. The van der Waals surface area contributed by atoms with E-state index in [1.165, 1.54) is 0 Å². The summed E-state index contributed by atoms with van der Waals surface area (Å²) in [5.41, 5.74) is 3.10. The zero-order chi connectivity index (χ0) is 10.4. The molecule has 1 aromatic rings. The quantitative estimate of drug-likeness (QED) is 0.640. The van der Waals surface area contributed by atoms with Crippen molar-refractivity contribution in [3.63, 3.8) is 0 Å². The molecule has 4 nitrogen and oxygen atoms in total. The largest absolute Gasteiger partial charge is 0.358 e. The van der Waals surface area contributed by atoms with Crippen molar-refractivity contribution in [3.8, 4) is 0 Å². The van der Waals surface area contributed by atoms with Crippen molar-refractivity contribution in [2.24, 2.45) is 10.2 Å². The van der Waals surface area contributed by atoms with Crippen LogP contribution in [-0.2, 0) is 4.79 Å². The monoisotopic (exact) mass is 199 g/mol. The van der Waals surface area contributed by atoms with Gasteiger partial charge in [-0.1, -0.05) is 18.2 Å². The highest BCUT2D eigenvalue weighted by Gasteiger charge is 2.37. The number of para-hydroxylation sites is 1. The third kappa shape index (κ3) is 0.986. The fraction of sp³-hybridized carbons (Fsp3) is 0.182. The van der Waals surface area contributed by atoms with E-state index in [1.807, 2.05) is 36.2 Å². The highest BCUT2D eigenvalue weighted by Crippen LogP contribution is 2.40. The number of hydrogen-bond donors (Lipinski definition) is 0. The second-order valence-electron chi connectivity index (χ2n) is 3.67. The standard InChI is InChI=1S/C11H9N3O/c1-14-9-5-3-2-4-7(9)8-6-12-13-11(15)10(8)14/h2-6,10H,1H3. The Kier molecular flexibility index (Phi) is 1.54. The van der Waals surface area contributed by atoms with Gasteiger partial charge in [-0.15, -0.1) is 5.11 Å². The lowest BCUT2D eigenvalue weighted by atomic mass is 10.0. The zero-order valence-electron chi connectivity index (χ0n) is 8.21. The minimum Gasteiger partial charge on any atom is -0.358 e. The van der Waals surface area contributed by atoms with Crippen LogP contribution in [0, 0.1) is 0 Å². The van der Waals surface area contributed by atoms with Crippen molar-refractivity contribution in [1.82, 2.24) is 0 Å². The normalized spacial score (nSPS) is 22.5. The third-order valence-electron chi connectivity index (χ3n) is 2.86. The van der Waals surface area contributed by atoms with Crippen molar-refractivity contribution >= 4 is 17.2 Å². The van der Waals surface area contributed by atoms with Gasteiger partial charge in [-0.2, -0.15) is 5.11 Å². The Hall–Kier alpha value is -1.97. The predicted octanol–water partition coefficient (Wildman–Crippen LogP) is 1.84. The molecule has 2 heterocycles. The number of amides is 1. The van der Waals surface area contributed by atoms with E-state index >= 15 is 0 Å². The number of carbonyl (C=O) groups is 1. The Balaban J connectivity index is 2.24. The summed E-state index contributed by atoms with van der Waals surface area (Å²) in [5, 5.41) is 7.29. The van der Waals surface area contributed by atoms with E-state index in [9.17, 15) is 4.79 Å². The lowest BCUT2D eigenvalue weighted by Crippen LogP contribution is -2.34. The van der Waals surface area contributed by atoms with Crippen LogP contribution in [0.5, 0.6) is 0 Å². The van der Waals surface area contributed by atoms with Gasteiger partial charge in [0.25, 0.3) is 5.91 Å². The Morgan fingerprint density at radius 2 is 2.13 bits per heavy atom. The number of anilines is 1. The Morgan fingerprint density at radius 1 is 1.33 bits per heavy atom. The first-order chi connectivity index (χ1) is 7.29. The molecule has 4 heteroatoms. The Bertz CT molecular complexity index is 504. The molecule has 2 aliphatic rings. The maximum absolute atomic E-state index is 11.6. The Labute approximate surface area is 86.9 Å². The zero-order valence-corrected chi connectivity index (χ0v) is 8.21. The summed E-state index contributed by atoms with van der Waals surface area (Å²) >= 11 is 0. The molecule has 1 atom stereocenters. The van der Waals surface area contributed by atoms with Gasteiger partial charge in [0.15, 0.2) is 0 Å². The summed E-state index contributed by atoms with van der Waals surface area (Å²) < 4.78 is 0. The van der Waals surface area contributed by atoms with E-state index in [1.54, 1.807) is 6.20 Å². The molecule has 0 aromatic heterocycles. The molecular weight excluding hydrogens is 190 g/mol. The molecule has 15 heavy (non-hydrogen) atoms. The van der Waals surface area contributed by atoms with E-state index in [2.05, 4.69) is 10.2 Å². The minimum absolute atomic E-state index is 0.189. The molecule has 3 rings (SSSR count). The van der Waals surface area contributed by atoms with E-state index in [0.29, 0.717) is 0 Å². The first kappa shape index (κ1) is 8.35. The number of azo groups is 1. The van der Waals surface area contributed by atoms with Crippen molar-refractivity contribution in [1.29, 1.82) is 0 Å². The van der Waals surface area contributed by atoms with Crippen molar-refractivity contribution < 1.29 is 4.79 Å². The summed E-state index contributed by atoms with van der Waals surface area (Å²) in [4.78, 5) is 13.6. The van der Waals surface area contributed by atoms with Gasteiger partial charge >= 0.3 is 0 Å². The highest BCUT2D eigenvalue weighted by atomic mass is 16.2. The van der Waals surface area contributed by atoms with E-state index < -0.39 is 0 Å². The van der Waals surface area contributed by atoms with Gasteiger partial charge in [0.05, 0.1) is 6.20 Å². The second-order valence-corrected chi connectivity index (χ2v) is 3.67. The molecule has 0 saturated carbocycles. The number of fused-ring (bicyclic) bond motifs is 3. The van der Waals surface area contributed by atoms with Crippen LogP contribution in [-0.4, -0.2) is 19.0 Å². The molecule has 0 aliphatic carbocycles. The summed E-state index contributed by atoms with van der Waals surface area (Å²) in [6.07, 6.45) is 1.67. The average Bonchev–Trinajstić information content (AvgIpc) is 2.55. The van der Waals surface area contributed by atoms with Gasteiger partial charge in [0.2, 0.25) is 0 Å². The molecule has 0 saturated heterocycles. The van der Waals surface area contributed by atoms with Crippen LogP contribution in [0.25, 0.3) is 5.57 Å². The van der Waals surface area contributed by atoms with Gasteiger partial charge in [-0.05, 0) is 6.07 Å². The van der Waals surface area contributed by atoms with Crippen molar-refractivity contribution in [2.75, 3.05) is 11.9 Å². The maximum Gasteiger partial charge on any atom is 0.291 e. The number of carbonyl (C=O) groups excluding carboxylic acids is 1. The van der Waals surface area contributed by atoms with Crippen LogP contribution < -0.4 is 4.90 Å². The van der Waals surface area contributed by atoms with Gasteiger partial charge in [0.1, 0.15) is 6.04 Å². The molecule has 1 aromatic carbocycles. The Morgan fingerprint density at radius 3 is 3.00 bits per heavy atom. The van der Waals surface area contributed by atoms with Crippen LogP contribution in [0.2, 0.25) is 0 Å². The molecule has 1 amide bonds. The molecule has 0 radical (unpaired) electrons. The smallest absolute Gasteiger partial charge is 0.291 e. The van der Waals surface area contributed by atoms with Crippen LogP contribution in [0.1, 0.15) is 5.56 Å². The predicted molar refractivity (Wildman–Crippen MR) is 56.5 cm³/mol. The minimum atomic E-state index is -0.278. The van der Waals surface area contributed by atoms with Crippen LogP contribution in [0.4, 0.5) is 5.69 Å². The molecular formula is C11H9N3O. The molecule has 0 spiro atoms. The topological polar surface area (TPSA) is 45.0 Å². The first-order valence-corrected chi connectivity index (χ1v) is 4.76. The van der Waals surface area contributed by atoms with Crippen LogP contribution in [0.3, 0.4) is 0 Å². The summed E-state index contributed by atoms with van der Waals surface area (Å²) in [6.45, 7) is 0. The van der Waals surface area contributed by atoms with Crippen LogP contribution >= 0.6 is 0 Å². The number of benzene rings is 1. The first-order valence-electron chi connectivity index (χ1n) is 4.76. The van der Waals surface area contributed by atoms with Gasteiger partial charge in [-0.3, -0.25) is 4.79 Å². The van der Waals surface area contributed by atoms with Crippen molar-refractivity contribution in [2.45, 2.75) is 6.04 Å². The summed E-state index contributed by atoms with van der Waals surface area (Å²) in [6, 6.07) is 7.66. The van der Waals surface area contributed by atoms with Crippen LogP contribution in [0.15, 0.2) is 40.7 Å².